The lowest BCUT2D eigenvalue weighted by molar-refractivity contribution is -0.158. The van der Waals surface area contributed by atoms with Gasteiger partial charge in [-0.1, -0.05) is 30.4 Å². The molecule has 0 spiro atoms. The van der Waals surface area contributed by atoms with Crippen molar-refractivity contribution < 1.29 is 13.2 Å². The van der Waals surface area contributed by atoms with Crippen molar-refractivity contribution in [3.05, 3.63) is 40.8 Å². The highest BCUT2D eigenvalue weighted by molar-refractivity contribution is 7.80. The number of hydrogen-bond donors (Lipinski definition) is 1. The van der Waals surface area contributed by atoms with E-state index in [1.54, 1.807) is 18.2 Å². The van der Waals surface area contributed by atoms with Crippen LogP contribution in [0.4, 0.5) is 13.2 Å². The minimum Gasteiger partial charge on any atom is -0.393 e. The zero-order valence-electron chi connectivity index (χ0n) is 10.1. The fourth-order valence-corrected chi connectivity index (χ4v) is 1.99. The lowest BCUT2D eigenvalue weighted by Gasteiger charge is -2.19. The van der Waals surface area contributed by atoms with Crippen LogP contribution in [0.15, 0.2) is 35.3 Å². The third-order valence-corrected chi connectivity index (χ3v) is 3.14. The van der Waals surface area contributed by atoms with Crippen LogP contribution >= 0.6 is 12.2 Å². The Labute approximate surface area is 117 Å². The minimum atomic E-state index is -4.61. The highest BCUT2D eigenvalue weighted by Crippen LogP contribution is 2.27. The molecule has 4 nitrogen and oxygen atoms in total. The van der Waals surface area contributed by atoms with Crippen molar-refractivity contribution in [3.63, 3.8) is 0 Å². The second kappa shape index (κ2) is 5.20. The van der Waals surface area contributed by atoms with E-state index in [9.17, 15) is 18.0 Å². The molecule has 0 radical (unpaired) electrons. The molecule has 0 aliphatic carbocycles. The number of aromatic nitrogens is 2. The van der Waals surface area contributed by atoms with Gasteiger partial charge in [0.05, 0.1) is 23.1 Å². The van der Waals surface area contributed by atoms with Crippen LogP contribution in [0.5, 0.6) is 0 Å². The first kappa shape index (κ1) is 14.4. The summed E-state index contributed by atoms with van der Waals surface area (Å²) in [7, 11) is 0. The highest BCUT2D eigenvalue weighted by atomic mass is 32.1. The SMILES string of the molecule is NC(=S)C(Cn1ncc2ccccc2c1=O)C(F)(F)F. The number of alkyl halides is 3. The Kier molecular flexibility index (Phi) is 3.76. The number of halogens is 3. The molecule has 2 aromatic rings. The largest absolute Gasteiger partial charge is 0.399 e. The molecule has 1 aromatic carbocycles. The molecule has 2 rings (SSSR count). The van der Waals surface area contributed by atoms with E-state index in [0.29, 0.717) is 10.8 Å². The number of nitrogens with zero attached hydrogens (tertiary/aromatic N) is 2. The summed E-state index contributed by atoms with van der Waals surface area (Å²) in [6.07, 6.45) is -3.28. The van der Waals surface area contributed by atoms with Crippen LogP contribution in [0.1, 0.15) is 0 Å². The molecule has 0 bridgehead atoms. The monoisotopic (exact) mass is 301 g/mol. The van der Waals surface area contributed by atoms with Gasteiger partial charge in [-0.2, -0.15) is 18.3 Å². The molecular weight excluding hydrogens is 291 g/mol. The first-order valence-corrected chi connectivity index (χ1v) is 6.02. The molecule has 106 valence electrons. The second-order valence-electron chi connectivity index (χ2n) is 4.22. The Morgan fingerprint density at radius 2 is 2.05 bits per heavy atom. The maximum absolute atomic E-state index is 12.8. The molecule has 1 aromatic heterocycles. The average Bonchev–Trinajstić information content (AvgIpc) is 2.36. The molecule has 1 heterocycles. The summed E-state index contributed by atoms with van der Waals surface area (Å²) in [5, 5.41) is 4.59. The molecule has 0 aliphatic rings. The molecule has 0 fully saturated rings. The molecular formula is C12H10F3N3OS. The minimum absolute atomic E-state index is 0.298. The second-order valence-corrected chi connectivity index (χ2v) is 4.69. The maximum atomic E-state index is 12.8. The van der Waals surface area contributed by atoms with Crippen molar-refractivity contribution in [2.24, 2.45) is 11.7 Å². The van der Waals surface area contributed by atoms with E-state index in [-0.39, 0.29) is 0 Å². The van der Waals surface area contributed by atoms with E-state index in [0.717, 1.165) is 4.68 Å². The molecule has 0 aliphatic heterocycles. The lowest BCUT2D eigenvalue weighted by Crippen LogP contribution is -2.40. The maximum Gasteiger partial charge on any atom is 0.399 e. The predicted octanol–water partition coefficient (Wildman–Crippen LogP) is 1.86. The van der Waals surface area contributed by atoms with Gasteiger partial charge in [-0.25, -0.2) is 4.68 Å². The molecule has 1 unspecified atom stereocenters. The fraction of sp³-hybridized carbons (Fsp3) is 0.250. The summed E-state index contributed by atoms with van der Waals surface area (Å²) in [5.41, 5.74) is 4.50. The van der Waals surface area contributed by atoms with Gasteiger partial charge >= 0.3 is 6.18 Å². The van der Waals surface area contributed by atoms with Crippen LogP contribution < -0.4 is 11.3 Å². The highest BCUT2D eigenvalue weighted by Gasteiger charge is 2.42. The van der Waals surface area contributed by atoms with Gasteiger partial charge in [0.1, 0.15) is 5.92 Å². The quantitative estimate of drug-likeness (QED) is 0.879. The van der Waals surface area contributed by atoms with Gasteiger partial charge < -0.3 is 5.73 Å². The number of fused-ring (bicyclic) bond motifs is 1. The molecule has 2 N–H and O–H groups in total. The Bertz CT molecular complexity index is 711. The number of rotatable bonds is 3. The first-order chi connectivity index (χ1) is 9.30. The van der Waals surface area contributed by atoms with Gasteiger partial charge in [-0.3, -0.25) is 4.79 Å². The van der Waals surface area contributed by atoms with Gasteiger partial charge in [-0.05, 0) is 6.07 Å². The summed E-state index contributed by atoms with van der Waals surface area (Å²) in [5.74, 6) is -2.08. The Morgan fingerprint density at radius 3 is 2.65 bits per heavy atom. The lowest BCUT2D eigenvalue weighted by atomic mass is 10.1. The topological polar surface area (TPSA) is 60.9 Å². The van der Waals surface area contributed by atoms with Gasteiger partial charge in [0.15, 0.2) is 0 Å². The molecule has 20 heavy (non-hydrogen) atoms. The molecule has 0 amide bonds. The Morgan fingerprint density at radius 1 is 1.40 bits per heavy atom. The smallest absolute Gasteiger partial charge is 0.393 e. The molecule has 0 saturated carbocycles. The average molecular weight is 301 g/mol. The number of hydrogen-bond acceptors (Lipinski definition) is 3. The standard InChI is InChI=1S/C12H10F3N3OS/c13-12(14,15)9(10(16)20)6-18-11(19)8-4-2-1-3-7(8)5-17-18/h1-5,9H,6H2,(H2,16,20). The summed E-state index contributed by atoms with van der Waals surface area (Å²) in [6, 6.07) is 6.52. The third kappa shape index (κ3) is 2.79. The molecule has 8 heteroatoms. The van der Waals surface area contributed by atoms with Crippen molar-refractivity contribution in [3.8, 4) is 0 Å². The Hall–Kier alpha value is -1.96. The van der Waals surface area contributed by atoms with Crippen molar-refractivity contribution in [2.45, 2.75) is 12.7 Å². The summed E-state index contributed by atoms with van der Waals surface area (Å²) < 4.78 is 39.1. The van der Waals surface area contributed by atoms with Gasteiger partial charge in [0.2, 0.25) is 0 Å². The van der Waals surface area contributed by atoms with E-state index in [2.05, 4.69) is 17.3 Å². The van der Waals surface area contributed by atoms with Crippen molar-refractivity contribution in [1.29, 1.82) is 0 Å². The van der Waals surface area contributed by atoms with E-state index in [1.165, 1.54) is 12.3 Å². The van der Waals surface area contributed by atoms with E-state index in [4.69, 9.17) is 5.73 Å². The van der Waals surface area contributed by atoms with Crippen LogP contribution in [-0.4, -0.2) is 20.9 Å². The normalized spacial score (nSPS) is 13.3. The van der Waals surface area contributed by atoms with Crippen LogP contribution in [0, 0.1) is 5.92 Å². The van der Waals surface area contributed by atoms with E-state index < -0.39 is 29.2 Å². The summed E-state index contributed by atoms with van der Waals surface area (Å²) in [4.78, 5) is 11.4. The van der Waals surface area contributed by atoms with Crippen LogP contribution in [0.3, 0.4) is 0 Å². The van der Waals surface area contributed by atoms with Gasteiger partial charge in [0.25, 0.3) is 5.56 Å². The van der Waals surface area contributed by atoms with Gasteiger partial charge in [-0.15, -0.1) is 0 Å². The summed E-state index contributed by atoms with van der Waals surface area (Å²) >= 11 is 4.42. The predicted molar refractivity (Wildman–Crippen MR) is 72.3 cm³/mol. The first-order valence-electron chi connectivity index (χ1n) is 5.61. The number of benzene rings is 1. The number of thiocarbonyl (C=S) groups is 1. The zero-order chi connectivity index (χ0) is 14.9. The van der Waals surface area contributed by atoms with Crippen molar-refractivity contribution in [1.82, 2.24) is 9.78 Å². The zero-order valence-corrected chi connectivity index (χ0v) is 10.9. The van der Waals surface area contributed by atoms with Crippen molar-refractivity contribution in [2.75, 3.05) is 0 Å². The fourth-order valence-electron chi connectivity index (χ4n) is 1.79. The third-order valence-electron chi connectivity index (χ3n) is 2.86. The molecule has 1 atom stereocenters. The molecule has 0 saturated heterocycles. The van der Waals surface area contributed by atoms with E-state index in [1.807, 2.05) is 0 Å². The van der Waals surface area contributed by atoms with E-state index >= 15 is 0 Å². The van der Waals surface area contributed by atoms with Crippen LogP contribution in [0.2, 0.25) is 0 Å². The Balaban J connectivity index is 2.46. The van der Waals surface area contributed by atoms with Gasteiger partial charge in [0, 0.05) is 5.39 Å². The van der Waals surface area contributed by atoms with Crippen LogP contribution in [0.25, 0.3) is 10.8 Å². The van der Waals surface area contributed by atoms with Crippen LogP contribution in [-0.2, 0) is 6.54 Å². The van der Waals surface area contributed by atoms with Crippen molar-refractivity contribution >= 4 is 28.0 Å². The summed E-state index contributed by atoms with van der Waals surface area (Å²) in [6.45, 7) is -0.720. The number of nitrogens with two attached hydrogens (primary N) is 1.